The first kappa shape index (κ1) is 11.2. The van der Waals surface area contributed by atoms with Crippen molar-refractivity contribution in [1.29, 1.82) is 0 Å². The molecular weight excluding hydrogens is 242 g/mol. The molecule has 0 heterocycles. The average molecular weight is 256 g/mol. The Hall–Kier alpha value is -0.870. The third kappa shape index (κ3) is 2.56. The van der Waals surface area contributed by atoms with Crippen molar-refractivity contribution in [3.05, 3.63) is 33.8 Å². The second kappa shape index (κ2) is 5.12. The molecule has 0 bridgehead atoms. The molecule has 0 aromatic heterocycles. The lowest BCUT2D eigenvalue weighted by Crippen LogP contribution is -2.31. The molecule has 76 valence electrons. The SMILES string of the molecule is CCN=C(NN)c1ccc(Br)cc1C. The van der Waals surface area contributed by atoms with Crippen LogP contribution in [0, 0.1) is 6.92 Å². The van der Waals surface area contributed by atoms with E-state index in [0.717, 1.165) is 28.0 Å². The Morgan fingerprint density at radius 1 is 1.57 bits per heavy atom. The van der Waals surface area contributed by atoms with Crippen LogP contribution < -0.4 is 11.3 Å². The maximum atomic E-state index is 5.41. The smallest absolute Gasteiger partial charge is 0.142 e. The molecule has 14 heavy (non-hydrogen) atoms. The van der Waals surface area contributed by atoms with Crippen molar-refractivity contribution in [2.24, 2.45) is 10.8 Å². The highest BCUT2D eigenvalue weighted by Crippen LogP contribution is 2.15. The van der Waals surface area contributed by atoms with Gasteiger partial charge in [-0.05, 0) is 37.6 Å². The number of aliphatic imine (C=N–C) groups is 1. The molecule has 0 saturated heterocycles. The van der Waals surface area contributed by atoms with E-state index in [1.165, 1.54) is 0 Å². The molecule has 0 aliphatic heterocycles. The molecule has 1 rings (SSSR count). The summed E-state index contributed by atoms with van der Waals surface area (Å²) in [6.07, 6.45) is 0. The number of amidine groups is 1. The van der Waals surface area contributed by atoms with E-state index in [2.05, 4.69) is 26.3 Å². The minimum atomic E-state index is 0.717. The predicted molar refractivity (Wildman–Crippen MR) is 63.3 cm³/mol. The maximum Gasteiger partial charge on any atom is 0.142 e. The quantitative estimate of drug-likeness (QED) is 0.368. The minimum absolute atomic E-state index is 0.717. The average Bonchev–Trinajstić information content (AvgIpc) is 2.15. The van der Waals surface area contributed by atoms with Crippen LogP contribution in [0.3, 0.4) is 0 Å². The highest BCUT2D eigenvalue weighted by molar-refractivity contribution is 9.10. The van der Waals surface area contributed by atoms with Gasteiger partial charge in [-0.15, -0.1) is 0 Å². The molecule has 3 nitrogen and oxygen atoms in total. The van der Waals surface area contributed by atoms with E-state index in [1.54, 1.807) is 0 Å². The van der Waals surface area contributed by atoms with Gasteiger partial charge in [0.25, 0.3) is 0 Å². The monoisotopic (exact) mass is 255 g/mol. The van der Waals surface area contributed by atoms with E-state index in [1.807, 2.05) is 32.0 Å². The minimum Gasteiger partial charge on any atom is -0.308 e. The van der Waals surface area contributed by atoms with Gasteiger partial charge in [0.15, 0.2) is 0 Å². The van der Waals surface area contributed by atoms with Gasteiger partial charge in [0.05, 0.1) is 0 Å². The van der Waals surface area contributed by atoms with Gasteiger partial charge in [0.1, 0.15) is 5.84 Å². The Morgan fingerprint density at radius 2 is 2.29 bits per heavy atom. The maximum absolute atomic E-state index is 5.41. The fourth-order valence-electron chi connectivity index (χ4n) is 1.26. The van der Waals surface area contributed by atoms with Gasteiger partial charge in [-0.2, -0.15) is 0 Å². The Bertz CT molecular complexity index is 347. The zero-order valence-corrected chi connectivity index (χ0v) is 9.93. The zero-order valence-electron chi connectivity index (χ0n) is 8.34. The summed E-state index contributed by atoms with van der Waals surface area (Å²) in [5, 5.41) is 0. The molecule has 0 radical (unpaired) electrons. The van der Waals surface area contributed by atoms with Crippen LogP contribution in [0.2, 0.25) is 0 Å². The van der Waals surface area contributed by atoms with Crippen molar-refractivity contribution in [3.63, 3.8) is 0 Å². The first-order chi connectivity index (χ1) is 6.69. The number of hydrogen-bond donors (Lipinski definition) is 2. The van der Waals surface area contributed by atoms with Crippen LogP contribution in [0.25, 0.3) is 0 Å². The van der Waals surface area contributed by atoms with E-state index < -0.39 is 0 Å². The fraction of sp³-hybridized carbons (Fsp3) is 0.300. The summed E-state index contributed by atoms with van der Waals surface area (Å²) in [6, 6.07) is 6.01. The number of hydrogen-bond acceptors (Lipinski definition) is 2. The highest BCUT2D eigenvalue weighted by Gasteiger charge is 2.04. The molecule has 3 N–H and O–H groups in total. The van der Waals surface area contributed by atoms with Gasteiger partial charge >= 0.3 is 0 Å². The number of benzene rings is 1. The molecule has 0 atom stereocenters. The lowest BCUT2D eigenvalue weighted by atomic mass is 10.1. The topological polar surface area (TPSA) is 50.4 Å². The number of hydrazine groups is 1. The summed E-state index contributed by atoms with van der Waals surface area (Å²) in [7, 11) is 0. The summed E-state index contributed by atoms with van der Waals surface area (Å²) >= 11 is 3.41. The van der Waals surface area contributed by atoms with Gasteiger partial charge in [0, 0.05) is 16.6 Å². The molecule has 1 aromatic carbocycles. The molecular formula is C10H14BrN3. The zero-order chi connectivity index (χ0) is 10.6. The summed E-state index contributed by atoms with van der Waals surface area (Å²) in [6.45, 7) is 4.73. The van der Waals surface area contributed by atoms with Gasteiger partial charge in [-0.25, -0.2) is 5.84 Å². The van der Waals surface area contributed by atoms with Crippen molar-refractivity contribution < 1.29 is 0 Å². The van der Waals surface area contributed by atoms with Gasteiger partial charge in [-0.1, -0.05) is 15.9 Å². The summed E-state index contributed by atoms with van der Waals surface area (Å²) in [5.41, 5.74) is 4.80. The van der Waals surface area contributed by atoms with Gasteiger partial charge in [-0.3, -0.25) is 4.99 Å². The molecule has 0 unspecified atom stereocenters. The van der Waals surface area contributed by atoms with Crippen LogP contribution in [0.15, 0.2) is 27.7 Å². The molecule has 0 fully saturated rings. The highest BCUT2D eigenvalue weighted by atomic mass is 79.9. The lowest BCUT2D eigenvalue weighted by molar-refractivity contribution is 0.989. The predicted octanol–water partition coefficient (Wildman–Crippen LogP) is 1.99. The molecule has 0 aliphatic carbocycles. The largest absolute Gasteiger partial charge is 0.308 e. The van der Waals surface area contributed by atoms with E-state index >= 15 is 0 Å². The first-order valence-electron chi connectivity index (χ1n) is 4.46. The molecule has 0 spiro atoms. The van der Waals surface area contributed by atoms with Crippen LogP contribution in [0.1, 0.15) is 18.1 Å². The van der Waals surface area contributed by atoms with Crippen LogP contribution in [-0.4, -0.2) is 12.4 Å². The molecule has 0 amide bonds. The Morgan fingerprint density at radius 3 is 2.79 bits per heavy atom. The van der Waals surface area contributed by atoms with Crippen molar-refractivity contribution in [2.45, 2.75) is 13.8 Å². The van der Waals surface area contributed by atoms with Gasteiger partial charge < -0.3 is 5.43 Å². The second-order valence-electron chi connectivity index (χ2n) is 2.93. The van der Waals surface area contributed by atoms with E-state index in [9.17, 15) is 0 Å². The van der Waals surface area contributed by atoms with E-state index in [0.29, 0.717) is 0 Å². The number of nitrogens with two attached hydrogens (primary N) is 1. The normalized spacial score (nSPS) is 11.6. The number of halogens is 1. The van der Waals surface area contributed by atoms with Crippen LogP contribution in [0.5, 0.6) is 0 Å². The van der Waals surface area contributed by atoms with E-state index in [-0.39, 0.29) is 0 Å². The van der Waals surface area contributed by atoms with Crippen LogP contribution >= 0.6 is 15.9 Å². The number of aryl methyl sites for hydroxylation is 1. The number of rotatable bonds is 2. The number of nitrogens with zero attached hydrogens (tertiary/aromatic N) is 1. The molecule has 0 aliphatic rings. The Balaban J connectivity index is 3.11. The summed E-state index contributed by atoms with van der Waals surface area (Å²) in [4.78, 5) is 4.27. The fourth-order valence-corrected chi connectivity index (χ4v) is 1.74. The number of nitrogens with one attached hydrogen (secondary N) is 1. The second-order valence-corrected chi connectivity index (χ2v) is 3.84. The first-order valence-corrected chi connectivity index (χ1v) is 5.26. The Kier molecular flexibility index (Phi) is 4.10. The van der Waals surface area contributed by atoms with Crippen LogP contribution in [-0.2, 0) is 0 Å². The molecule has 1 aromatic rings. The van der Waals surface area contributed by atoms with Crippen molar-refractivity contribution >= 4 is 21.8 Å². The standard InChI is InChI=1S/C10H14BrN3/c1-3-13-10(14-12)9-5-4-8(11)6-7(9)2/h4-6H,3,12H2,1-2H3,(H,13,14). The summed E-state index contributed by atoms with van der Waals surface area (Å²) in [5.74, 6) is 6.14. The van der Waals surface area contributed by atoms with Crippen molar-refractivity contribution in [2.75, 3.05) is 6.54 Å². The summed E-state index contributed by atoms with van der Waals surface area (Å²) < 4.78 is 1.06. The van der Waals surface area contributed by atoms with E-state index in [4.69, 9.17) is 5.84 Å². The third-order valence-corrected chi connectivity index (χ3v) is 2.39. The van der Waals surface area contributed by atoms with Crippen molar-refractivity contribution in [1.82, 2.24) is 5.43 Å². The Labute approximate surface area is 92.5 Å². The lowest BCUT2D eigenvalue weighted by Gasteiger charge is -2.08. The third-order valence-electron chi connectivity index (χ3n) is 1.90. The van der Waals surface area contributed by atoms with Crippen LogP contribution in [0.4, 0.5) is 0 Å². The van der Waals surface area contributed by atoms with Crippen molar-refractivity contribution in [3.8, 4) is 0 Å². The van der Waals surface area contributed by atoms with Gasteiger partial charge in [0.2, 0.25) is 0 Å². The molecule has 4 heteroatoms. The molecule has 0 saturated carbocycles.